The smallest absolute Gasteiger partial charge is 0.272 e. The second-order valence-corrected chi connectivity index (χ2v) is 5.31. The molecule has 0 atom stereocenters. The Morgan fingerprint density at radius 2 is 1.83 bits per heavy atom. The van der Waals surface area contributed by atoms with Gasteiger partial charge in [-0.1, -0.05) is 12.1 Å². The van der Waals surface area contributed by atoms with Gasteiger partial charge in [0.25, 0.3) is 5.91 Å². The summed E-state index contributed by atoms with van der Waals surface area (Å²) in [5, 5.41) is 13.7. The number of hydrogen-bond donors (Lipinski definition) is 2. The molecule has 1 amide bonds. The average Bonchev–Trinajstić information content (AvgIpc) is 2.56. The molecule has 0 bridgehead atoms. The van der Waals surface area contributed by atoms with Crippen LogP contribution in [0.1, 0.15) is 15.9 Å². The van der Waals surface area contributed by atoms with Gasteiger partial charge in [-0.2, -0.15) is 5.10 Å². The van der Waals surface area contributed by atoms with Gasteiger partial charge >= 0.3 is 0 Å². The molecule has 0 saturated carbocycles. The van der Waals surface area contributed by atoms with Gasteiger partial charge in [0, 0.05) is 10.0 Å². The van der Waals surface area contributed by atoms with Crippen molar-refractivity contribution in [2.75, 3.05) is 14.2 Å². The molecule has 2 N–H and O–H groups in total. The quantitative estimate of drug-likeness (QED) is 0.619. The highest BCUT2D eigenvalue weighted by atomic mass is 79.9. The molecule has 0 saturated heterocycles. The molecule has 0 radical (unpaired) electrons. The number of phenolic OH excluding ortho intramolecular Hbond substituents is 1. The van der Waals surface area contributed by atoms with E-state index in [-0.39, 0.29) is 23.2 Å². The van der Waals surface area contributed by atoms with Crippen LogP contribution < -0.4 is 14.9 Å². The molecule has 2 rings (SSSR count). The Bertz CT molecular complexity index is 722. The van der Waals surface area contributed by atoms with Gasteiger partial charge in [-0.15, -0.1) is 0 Å². The van der Waals surface area contributed by atoms with Crippen molar-refractivity contribution in [3.05, 3.63) is 52.0 Å². The predicted octanol–water partition coefficient (Wildman–Crippen LogP) is 2.94. The van der Waals surface area contributed by atoms with Crippen molar-refractivity contribution in [2.45, 2.75) is 0 Å². The summed E-state index contributed by atoms with van der Waals surface area (Å²) >= 11 is 3.31. The highest BCUT2D eigenvalue weighted by Crippen LogP contribution is 2.36. The van der Waals surface area contributed by atoms with Crippen molar-refractivity contribution in [3.8, 4) is 17.2 Å². The van der Waals surface area contributed by atoms with Crippen LogP contribution in [-0.2, 0) is 0 Å². The number of nitrogens with one attached hydrogen (secondary N) is 1. The third kappa shape index (κ3) is 4.01. The number of hydrogen-bond acceptors (Lipinski definition) is 5. The first-order valence-electron chi connectivity index (χ1n) is 6.59. The Balaban J connectivity index is 2.15. The molecular weight excluding hydrogens is 364 g/mol. The van der Waals surface area contributed by atoms with Crippen molar-refractivity contribution in [1.29, 1.82) is 0 Å². The first-order chi connectivity index (χ1) is 11.1. The van der Waals surface area contributed by atoms with Crippen LogP contribution in [0.3, 0.4) is 0 Å². The van der Waals surface area contributed by atoms with Crippen LogP contribution in [0.25, 0.3) is 0 Å². The van der Waals surface area contributed by atoms with E-state index in [1.165, 1.54) is 20.4 Å². The van der Waals surface area contributed by atoms with E-state index in [9.17, 15) is 9.90 Å². The Morgan fingerprint density at radius 3 is 2.39 bits per heavy atom. The number of halogens is 1. The highest BCUT2D eigenvalue weighted by molar-refractivity contribution is 9.10. The predicted molar refractivity (Wildman–Crippen MR) is 90.4 cm³/mol. The summed E-state index contributed by atoms with van der Waals surface area (Å²) in [6.45, 7) is 0. The lowest BCUT2D eigenvalue weighted by Gasteiger charge is -2.09. The van der Waals surface area contributed by atoms with Crippen molar-refractivity contribution in [1.82, 2.24) is 5.43 Å². The molecule has 0 heterocycles. The second-order valence-electron chi connectivity index (χ2n) is 4.45. The fourth-order valence-corrected chi connectivity index (χ4v) is 2.32. The fraction of sp³-hybridized carbons (Fsp3) is 0.125. The number of methoxy groups -OCH3 is 2. The van der Waals surface area contributed by atoms with Crippen LogP contribution in [0, 0.1) is 0 Å². The number of nitrogens with zero attached hydrogens (tertiary/aromatic N) is 1. The molecule has 23 heavy (non-hydrogen) atoms. The van der Waals surface area contributed by atoms with Crippen LogP contribution in [0.4, 0.5) is 0 Å². The van der Waals surface area contributed by atoms with Crippen LogP contribution in [0.15, 0.2) is 46.0 Å². The van der Waals surface area contributed by atoms with Crippen molar-refractivity contribution in [3.63, 3.8) is 0 Å². The van der Waals surface area contributed by atoms with Gasteiger partial charge in [-0.25, -0.2) is 5.43 Å². The van der Waals surface area contributed by atoms with Crippen molar-refractivity contribution in [2.24, 2.45) is 5.10 Å². The van der Waals surface area contributed by atoms with E-state index >= 15 is 0 Å². The van der Waals surface area contributed by atoms with Gasteiger partial charge < -0.3 is 14.6 Å². The summed E-state index contributed by atoms with van der Waals surface area (Å²) in [6.07, 6.45) is 1.43. The van der Waals surface area contributed by atoms with Crippen LogP contribution >= 0.6 is 15.9 Å². The SMILES string of the molecule is COc1cc(/C=N\NC(=O)c2ccccc2Br)cc(OC)c1O. The highest BCUT2D eigenvalue weighted by Gasteiger charge is 2.11. The third-order valence-electron chi connectivity index (χ3n) is 3.00. The minimum atomic E-state index is -0.341. The van der Waals surface area contributed by atoms with Crippen molar-refractivity contribution >= 4 is 28.1 Å². The molecule has 2 aromatic rings. The van der Waals surface area contributed by atoms with Gasteiger partial charge in [-0.3, -0.25) is 4.79 Å². The molecule has 0 aliphatic rings. The minimum Gasteiger partial charge on any atom is -0.502 e. The lowest BCUT2D eigenvalue weighted by molar-refractivity contribution is 0.0954. The standard InChI is InChI=1S/C16H15BrN2O4/c1-22-13-7-10(8-14(23-2)15(13)20)9-18-19-16(21)11-5-3-4-6-12(11)17/h3-9,20H,1-2H3,(H,19,21)/b18-9-. The maximum absolute atomic E-state index is 12.0. The second kappa shape index (κ2) is 7.64. The van der Waals surface area contributed by atoms with Gasteiger partial charge in [0.1, 0.15) is 0 Å². The van der Waals surface area contributed by atoms with E-state index in [1.54, 1.807) is 30.3 Å². The van der Waals surface area contributed by atoms with Crippen LogP contribution in [-0.4, -0.2) is 31.4 Å². The maximum atomic E-state index is 12.0. The number of benzene rings is 2. The zero-order valence-corrected chi connectivity index (χ0v) is 14.1. The molecule has 6 nitrogen and oxygen atoms in total. The molecule has 2 aromatic carbocycles. The topological polar surface area (TPSA) is 80.2 Å². The summed E-state index contributed by atoms with van der Waals surface area (Å²) in [5.74, 6) is 0.0710. The van der Waals surface area contributed by atoms with Gasteiger partial charge in [0.05, 0.1) is 26.0 Å². The summed E-state index contributed by atoms with van der Waals surface area (Å²) < 4.78 is 10.8. The Kier molecular flexibility index (Phi) is 5.59. The molecule has 0 aliphatic carbocycles. The minimum absolute atomic E-state index is 0.0931. The van der Waals surface area contributed by atoms with E-state index in [0.717, 1.165) is 0 Å². The van der Waals surface area contributed by atoms with E-state index in [4.69, 9.17) is 9.47 Å². The number of carbonyl (C=O) groups excluding carboxylic acids is 1. The summed E-state index contributed by atoms with van der Waals surface area (Å²) in [7, 11) is 2.87. The van der Waals surface area contributed by atoms with E-state index < -0.39 is 0 Å². The van der Waals surface area contributed by atoms with Crippen molar-refractivity contribution < 1.29 is 19.4 Å². The molecule has 0 aromatic heterocycles. The number of hydrazone groups is 1. The molecule has 120 valence electrons. The summed E-state index contributed by atoms with van der Waals surface area (Å²) in [6, 6.07) is 10.2. The summed E-state index contributed by atoms with van der Waals surface area (Å²) in [5.41, 5.74) is 3.51. The molecular formula is C16H15BrN2O4. The lowest BCUT2D eigenvalue weighted by Crippen LogP contribution is -2.18. The Morgan fingerprint density at radius 1 is 1.22 bits per heavy atom. The first kappa shape index (κ1) is 16.8. The zero-order chi connectivity index (χ0) is 16.8. The zero-order valence-electron chi connectivity index (χ0n) is 12.5. The monoisotopic (exact) mass is 378 g/mol. The van der Waals surface area contributed by atoms with Gasteiger partial charge in [0.15, 0.2) is 11.5 Å². The van der Waals surface area contributed by atoms with E-state index in [1.807, 2.05) is 6.07 Å². The Labute approximate surface area is 141 Å². The fourth-order valence-electron chi connectivity index (χ4n) is 1.86. The molecule has 7 heteroatoms. The normalized spacial score (nSPS) is 10.6. The molecule has 0 unspecified atom stereocenters. The number of rotatable bonds is 5. The number of carbonyl (C=O) groups is 1. The lowest BCUT2D eigenvalue weighted by atomic mass is 10.2. The average molecular weight is 379 g/mol. The number of ether oxygens (including phenoxy) is 2. The molecule has 0 spiro atoms. The van der Waals surface area contributed by atoms with Gasteiger partial charge in [-0.05, 0) is 40.2 Å². The summed E-state index contributed by atoms with van der Waals surface area (Å²) in [4.78, 5) is 12.0. The maximum Gasteiger partial charge on any atom is 0.272 e. The Hall–Kier alpha value is -2.54. The molecule has 0 aliphatic heterocycles. The number of aromatic hydroxyl groups is 1. The third-order valence-corrected chi connectivity index (χ3v) is 3.69. The largest absolute Gasteiger partial charge is 0.502 e. The van der Waals surface area contributed by atoms with Crippen LogP contribution in [0.5, 0.6) is 17.2 Å². The molecule has 0 fully saturated rings. The first-order valence-corrected chi connectivity index (χ1v) is 7.39. The van der Waals surface area contributed by atoms with Gasteiger partial charge in [0.2, 0.25) is 5.75 Å². The number of amides is 1. The number of phenols is 1. The van der Waals surface area contributed by atoms with E-state index in [2.05, 4.69) is 26.5 Å². The van der Waals surface area contributed by atoms with E-state index in [0.29, 0.717) is 15.6 Å². The van der Waals surface area contributed by atoms with Crippen LogP contribution in [0.2, 0.25) is 0 Å².